The minimum Gasteiger partial charge on any atom is -0.369 e. The van der Waals surface area contributed by atoms with Gasteiger partial charge in [-0.15, -0.1) is 0 Å². The van der Waals surface area contributed by atoms with Gasteiger partial charge < -0.3 is 10.6 Å². The molecule has 0 spiro atoms. The molecule has 1 saturated heterocycles. The Balaban J connectivity index is 2.55. The molecule has 1 fully saturated rings. The van der Waals surface area contributed by atoms with Gasteiger partial charge in [0.1, 0.15) is 0 Å². The van der Waals surface area contributed by atoms with Crippen LogP contribution in [-0.4, -0.2) is 29.8 Å². The van der Waals surface area contributed by atoms with Crippen molar-refractivity contribution in [3.05, 3.63) is 12.2 Å². The molecule has 0 aliphatic carbocycles. The number of likely N-dealkylation sites (tertiary alicyclic amines) is 1. The molecule has 1 unspecified atom stereocenters. The number of carbonyl (C=O) groups excluding carboxylic acids is 2. The average molecular weight is 196 g/mol. The zero-order chi connectivity index (χ0) is 10.6. The molecule has 0 aromatic carbocycles. The second-order valence-electron chi connectivity index (χ2n) is 3.53. The van der Waals surface area contributed by atoms with Gasteiger partial charge in [-0.3, -0.25) is 9.59 Å². The SMILES string of the molecule is CC=CC(=O)N1CCCC(C(N)=O)C1. The maximum Gasteiger partial charge on any atom is 0.246 e. The molecule has 0 radical (unpaired) electrons. The number of hydrogen-bond donors (Lipinski definition) is 1. The smallest absolute Gasteiger partial charge is 0.246 e. The summed E-state index contributed by atoms with van der Waals surface area (Å²) in [6, 6.07) is 0. The number of carbonyl (C=O) groups is 2. The quantitative estimate of drug-likeness (QED) is 0.645. The van der Waals surface area contributed by atoms with E-state index in [4.69, 9.17) is 5.73 Å². The predicted octanol–water partition coefficient (Wildman–Crippen LogP) is 0.286. The predicted molar refractivity (Wildman–Crippen MR) is 53.3 cm³/mol. The highest BCUT2D eigenvalue weighted by atomic mass is 16.2. The molecule has 1 heterocycles. The monoisotopic (exact) mass is 196 g/mol. The lowest BCUT2D eigenvalue weighted by atomic mass is 9.97. The first-order valence-corrected chi connectivity index (χ1v) is 4.86. The summed E-state index contributed by atoms with van der Waals surface area (Å²) >= 11 is 0. The molecule has 78 valence electrons. The second-order valence-corrected chi connectivity index (χ2v) is 3.53. The number of amides is 2. The fourth-order valence-electron chi connectivity index (χ4n) is 1.66. The van der Waals surface area contributed by atoms with Gasteiger partial charge >= 0.3 is 0 Å². The third-order valence-electron chi connectivity index (χ3n) is 2.44. The Kier molecular flexibility index (Phi) is 3.68. The van der Waals surface area contributed by atoms with Crippen LogP contribution in [0.25, 0.3) is 0 Å². The minimum atomic E-state index is -0.303. The number of hydrogen-bond acceptors (Lipinski definition) is 2. The Morgan fingerprint density at radius 1 is 1.50 bits per heavy atom. The number of allylic oxidation sites excluding steroid dienone is 1. The van der Waals surface area contributed by atoms with Crippen molar-refractivity contribution in [3.8, 4) is 0 Å². The molecule has 4 nitrogen and oxygen atoms in total. The number of nitrogens with zero attached hydrogens (tertiary/aromatic N) is 1. The fourth-order valence-corrected chi connectivity index (χ4v) is 1.66. The van der Waals surface area contributed by atoms with Crippen LogP contribution in [0.5, 0.6) is 0 Å². The lowest BCUT2D eigenvalue weighted by Gasteiger charge is -2.30. The van der Waals surface area contributed by atoms with E-state index in [1.54, 1.807) is 17.9 Å². The highest BCUT2D eigenvalue weighted by Crippen LogP contribution is 2.16. The van der Waals surface area contributed by atoms with E-state index in [1.165, 1.54) is 6.08 Å². The van der Waals surface area contributed by atoms with Crippen molar-refractivity contribution in [2.75, 3.05) is 13.1 Å². The lowest BCUT2D eigenvalue weighted by Crippen LogP contribution is -2.43. The molecule has 0 aromatic heterocycles. The maximum absolute atomic E-state index is 11.5. The van der Waals surface area contributed by atoms with Gasteiger partial charge in [-0.25, -0.2) is 0 Å². The first kappa shape index (κ1) is 10.8. The topological polar surface area (TPSA) is 63.4 Å². The van der Waals surface area contributed by atoms with Gasteiger partial charge in [-0.1, -0.05) is 6.08 Å². The van der Waals surface area contributed by atoms with Crippen molar-refractivity contribution in [3.63, 3.8) is 0 Å². The van der Waals surface area contributed by atoms with Crippen molar-refractivity contribution in [2.45, 2.75) is 19.8 Å². The van der Waals surface area contributed by atoms with E-state index in [0.29, 0.717) is 6.54 Å². The molecule has 14 heavy (non-hydrogen) atoms. The summed E-state index contributed by atoms with van der Waals surface area (Å²) < 4.78 is 0. The van der Waals surface area contributed by atoms with Gasteiger partial charge in [0.2, 0.25) is 11.8 Å². The van der Waals surface area contributed by atoms with E-state index in [0.717, 1.165) is 19.4 Å². The summed E-state index contributed by atoms with van der Waals surface area (Å²) in [7, 11) is 0. The Morgan fingerprint density at radius 3 is 2.79 bits per heavy atom. The van der Waals surface area contributed by atoms with Gasteiger partial charge in [0.05, 0.1) is 5.92 Å². The van der Waals surface area contributed by atoms with Crippen LogP contribution in [0.3, 0.4) is 0 Å². The van der Waals surface area contributed by atoms with E-state index in [1.807, 2.05) is 0 Å². The second kappa shape index (κ2) is 4.79. The van der Waals surface area contributed by atoms with Crippen LogP contribution in [0.15, 0.2) is 12.2 Å². The van der Waals surface area contributed by atoms with Crippen molar-refractivity contribution in [1.82, 2.24) is 4.90 Å². The Morgan fingerprint density at radius 2 is 2.21 bits per heavy atom. The zero-order valence-electron chi connectivity index (χ0n) is 8.40. The molecule has 1 atom stereocenters. The Labute approximate surface area is 83.8 Å². The molecule has 1 aliphatic rings. The average Bonchev–Trinajstić information content (AvgIpc) is 2.18. The van der Waals surface area contributed by atoms with Crippen LogP contribution in [0, 0.1) is 5.92 Å². The molecule has 2 amide bonds. The van der Waals surface area contributed by atoms with Gasteiger partial charge in [-0.05, 0) is 25.8 Å². The Hall–Kier alpha value is -1.32. The van der Waals surface area contributed by atoms with Crippen molar-refractivity contribution in [2.24, 2.45) is 11.7 Å². The number of rotatable bonds is 2. The van der Waals surface area contributed by atoms with Crippen LogP contribution in [-0.2, 0) is 9.59 Å². The molecule has 4 heteroatoms. The van der Waals surface area contributed by atoms with Crippen LogP contribution < -0.4 is 5.73 Å². The molecule has 1 aliphatic heterocycles. The highest BCUT2D eigenvalue weighted by Gasteiger charge is 2.25. The van der Waals surface area contributed by atoms with Gasteiger partial charge in [0, 0.05) is 13.1 Å². The third-order valence-corrected chi connectivity index (χ3v) is 2.44. The minimum absolute atomic E-state index is 0.0292. The van der Waals surface area contributed by atoms with E-state index >= 15 is 0 Å². The fraction of sp³-hybridized carbons (Fsp3) is 0.600. The standard InChI is InChI=1S/C10H16N2O2/c1-2-4-9(13)12-6-3-5-8(7-12)10(11)14/h2,4,8H,3,5-7H2,1H3,(H2,11,14). The molecular formula is C10H16N2O2. The largest absolute Gasteiger partial charge is 0.369 e. The van der Waals surface area contributed by atoms with Crippen LogP contribution in [0.1, 0.15) is 19.8 Å². The number of primary amides is 1. The van der Waals surface area contributed by atoms with E-state index in [2.05, 4.69) is 0 Å². The zero-order valence-corrected chi connectivity index (χ0v) is 8.40. The van der Waals surface area contributed by atoms with Gasteiger partial charge in [-0.2, -0.15) is 0 Å². The summed E-state index contributed by atoms with van der Waals surface area (Å²) in [4.78, 5) is 24.1. The summed E-state index contributed by atoms with van der Waals surface area (Å²) in [5, 5.41) is 0. The molecule has 2 N–H and O–H groups in total. The van der Waals surface area contributed by atoms with Crippen LogP contribution >= 0.6 is 0 Å². The van der Waals surface area contributed by atoms with Crippen molar-refractivity contribution in [1.29, 1.82) is 0 Å². The van der Waals surface area contributed by atoms with Crippen molar-refractivity contribution >= 4 is 11.8 Å². The molecular weight excluding hydrogens is 180 g/mol. The van der Waals surface area contributed by atoms with Gasteiger partial charge in [0.25, 0.3) is 0 Å². The van der Waals surface area contributed by atoms with Crippen molar-refractivity contribution < 1.29 is 9.59 Å². The molecule has 0 aromatic rings. The summed E-state index contributed by atoms with van der Waals surface area (Å²) in [5.41, 5.74) is 5.21. The van der Waals surface area contributed by atoms with E-state index in [9.17, 15) is 9.59 Å². The van der Waals surface area contributed by atoms with Gasteiger partial charge in [0.15, 0.2) is 0 Å². The first-order valence-electron chi connectivity index (χ1n) is 4.86. The third kappa shape index (κ3) is 2.58. The summed E-state index contributed by atoms with van der Waals surface area (Å²) in [6.07, 6.45) is 4.88. The Bertz CT molecular complexity index is 261. The molecule has 0 bridgehead atoms. The summed E-state index contributed by atoms with van der Waals surface area (Å²) in [5.74, 6) is -0.501. The number of nitrogens with two attached hydrogens (primary N) is 1. The first-order chi connectivity index (χ1) is 6.65. The van der Waals surface area contributed by atoms with E-state index < -0.39 is 0 Å². The normalized spacial score (nSPS) is 22.6. The number of piperidine rings is 1. The van der Waals surface area contributed by atoms with Crippen LogP contribution in [0.2, 0.25) is 0 Å². The van der Waals surface area contributed by atoms with Crippen LogP contribution in [0.4, 0.5) is 0 Å². The molecule has 0 saturated carbocycles. The summed E-state index contributed by atoms with van der Waals surface area (Å²) in [6.45, 7) is 3.00. The van der Waals surface area contributed by atoms with E-state index in [-0.39, 0.29) is 17.7 Å². The maximum atomic E-state index is 11.5. The highest BCUT2D eigenvalue weighted by molar-refractivity contribution is 5.88. The lowest BCUT2D eigenvalue weighted by molar-refractivity contribution is -0.130. The molecule has 1 rings (SSSR count).